The molecule has 21 heavy (non-hydrogen) atoms. The molecule has 3 nitrogen and oxygen atoms in total. The first-order chi connectivity index (χ1) is 9.91. The van der Waals surface area contributed by atoms with Crippen molar-refractivity contribution in [2.45, 2.75) is 39.2 Å². The van der Waals surface area contributed by atoms with Crippen LogP contribution in [0.2, 0.25) is 5.02 Å². The summed E-state index contributed by atoms with van der Waals surface area (Å²) in [4.78, 5) is 12.3. The highest BCUT2D eigenvalue weighted by molar-refractivity contribution is 6.32. The van der Waals surface area contributed by atoms with E-state index in [1.165, 1.54) is 0 Å². The first-order valence-corrected chi connectivity index (χ1v) is 7.58. The lowest BCUT2D eigenvalue weighted by molar-refractivity contribution is 0.0936. The second kappa shape index (κ2) is 6.51. The molecule has 0 saturated heterocycles. The summed E-state index contributed by atoms with van der Waals surface area (Å²) in [5, 5.41) is 3.57. The monoisotopic (exact) mass is 304 g/mol. The summed E-state index contributed by atoms with van der Waals surface area (Å²) < 4.78 is 0. The Hall–Kier alpha value is -1.50. The molecule has 1 atom stereocenters. The van der Waals surface area contributed by atoms with Crippen molar-refractivity contribution in [3.63, 3.8) is 0 Å². The Morgan fingerprint density at radius 3 is 2.86 bits per heavy atom. The largest absolute Gasteiger partial charge is 0.349 e. The predicted octanol–water partition coefficient (Wildman–Crippen LogP) is 2.96. The molecule has 0 spiro atoms. The van der Waals surface area contributed by atoms with Crippen LogP contribution in [0.5, 0.6) is 0 Å². The molecule has 1 fully saturated rings. The second-order valence-corrected chi connectivity index (χ2v) is 6.69. The molecule has 0 radical (unpaired) electrons. The third kappa shape index (κ3) is 4.23. The fraction of sp³-hybridized carbons (Fsp3) is 0.471. The van der Waals surface area contributed by atoms with Crippen LogP contribution >= 0.6 is 11.6 Å². The quantitative estimate of drug-likeness (QED) is 0.825. The number of hydrogen-bond acceptors (Lipinski definition) is 2. The standard InChI is InChI=1S/C17H21ClN2O/c1-17(2)8-7-14(11-17)20-16(21)13-6-5-12(4-3-9-19)15(18)10-13/h5-6,10,14H,7-9,11,19H2,1-2H3,(H,20,21). The van der Waals surface area contributed by atoms with E-state index in [0.29, 0.717) is 21.6 Å². The average Bonchev–Trinajstić information content (AvgIpc) is 2.76. The highest BCUT2D eigenvalue weighted by atomic mass is 35.5. The van der Waals surface area contributed by atoms with Gasteiger partial charge in [0.05, 0.1) is 11.6 Å². The molecule has 0 bridgehead atoms. The number of nitrogens with two attached hydrogens (primary N) is 1. The van der Waals surface area contributed by atoms with Gasteiger partial charge in [-0.05, 0) is 42.9 Å². The van der Waals surface area contributed by atoms with E-state index in [1.807, 2.05) is 0 Å². The fourth-order valence-electron chi connectivity index (χ4n) is 2.73. The van der Waals surface area contributed by atoms with Gasteiger partial charge in [-0.3, -0.25) is 4.79 Å². The summed E-state index contributed by atoms with van der Waals surface area (Å²) in [6.07, 6.45) is 3.20. The van der Waals surface area contributed by atoms with Crippen LogP contribution in [0.15, 0.2) is 18.2 Å². The van der Waals surface area contributed by atoms with Crippen molar-refractivity contribution < 1.29 is 4.79 Å². The lowest BCUT2D eigenvalue weighted by Crippen LogP contribution is -2.33. The molecule has 1 aromatic carbocycles. The summed E-state index contributed by atoms with van der Waals surface area (Å²) >= 11 is 6.15. The van der Waals surface area contributed by atoms with Gasteiger partial charge in [0.2, 0.25) is 0 Å². The molecule has 1 aliphatic carbocycles. The number of carbonyl (C=O) groups excluding carboxylic acids is 1. The van der Waals surface area contributed by atoms with Gasteiger partial charge in [0.1, 0.15) is 0 Å². The molecule has 1 aromatic rings. The van der Waals surface area contributed by atoms with Crippen LogP contribution in [-0.4, -0.2) is 18.5 Å². The number of halogens is 1. The topological polar surface area (TPSA) is 55.1 Å². The van der Waals surface area contributed by atoms with Crippen molar-refractivity contribution in [1.82, 2.24) is 5.32 Å². The molecule has 1 amide bonds. The maximum Gasteiger partial charge on any atom is 0.251 e. The molecule has 1 unspecified atom stereocenters. The Morgan fingerprint density at radius 2 is 2.29 bits per heavy atom. The molecule has 1 saturated carbocycles. The van der Waals surface area contributed by atoms with Gasteiger partial charge in [-0.1, -0.05) is 37.3 Å². The Morgan fingerprint density at radius 1 is 1.52 bits per heavy atom. The number of amides is 1. The number of benzene rings is 1. The molecular weight excluding hydrogens is 284 g/mol. The molecule has 112 valence electrons. The smallest absolute Gasteiger partial charge is 0.251 e. The Bertz CT molecular complexity index is 599. The van der Waals surface area contributed by atoms with Crippen molar-refractivity contribution in [3.05, 3.63) is 34.3 Å². The minimum absolute atomic E-state index is 0.0714. The van der Waals surface area contributed by atoms with Crippen molar-refractivity contribution in [2.75, 3.05) is 6.54 Å². The third-order valence-corrected chi connectivity index (χ3v) is 4.17. The summed E-state index contributed by atoms with van der Waals surface area (Å²) in [5.74, 6) is 5.57. The predicted molar refractivity (Wildman–Crippen MR) is 86.3 cm³/mol. The summed E-state index contributed by atoms with van der Waals surface area (Å²) in [6, 6.07) is 5.43. The number of nitrogens with one attached hydrogen (secondary N) is 1. The highest BCUT2D eigenvalue weighted by Gasteiger charge is 2.31. The SMILES string of the molecule is CC1(C)CCC(NC(=O)c2ccc(C#CCN)c(Cl)c2)C1. The van der Waals surface area contributed by atoms with E-state index >= 15 is 0 Å². The summed E-state index contributed by atoms with van der Waals surface area (Å²) in [7, 11) is 0. The molecule has 0 aromatic heterocycles. The van der Waals surface area contributed by atoms with E-state index in [0.717, 1.165) is 19.3 Å². The van der Waals surface area contributed by atoms with E-state index in [1.54, 1.807) is 18.2 Å². The Kier molecular flexibility index (Phi) is 4.92. The molecule has 1 aliphatic rings. The van der Waals surface area contributed by atoms with E-state index in [4.69, 9.17) is 17.3 Å². The van der Waals surface area contributed by atoms with Gasteiger partial charge in [0.15, 0.2) is 0 Å². The van der Waals surface area contributed by atoms with Crippen molar-refractivity contribution in [3.8, 4) is 11.8 Å². The van der Waals surface area contributed by atoms with Crippen LogP contribution in [0.25, 0.3) is 0 Å². The molecule has 3 N–H and O–H groups in total. The molecule has 4 heteroatoms. The first kappa shape index (κ1) is 15.9. The lowest BCUT2D eigenvalue weighted by Gasteiger charge is -2.18. The van der Waals surface area contributed by atoms with Crippen molar-refractivity contribution >= 4 is 17.5 Å². The van der Waals surface area contributed by atoms with Crippen LogP contribution in [0.1, 0.15) is 49.0 Å². The number of hydrogen-bond donors (Lipinski definition) is 2. The van der Waals surface area contributed by atoms with Crippen LogP contribution in [-0.2, 0) is 0 Å². The zero-order valence-corrected chi connectivity index (χ0v) is 13.3. The summed E-state index contributed by atoms with van der Waals surface area (Å²) in [6.45, 7) is 4.76. The zero-order chi connectivity index (χ0) is 15.5. The van der Waals surface area contributed by atoms with Gasteiger partial charge in [0, 0.05) is 17.2 Å². The van der Waals surface area contributed by atoms with E-state index in [9.17, 15) is 4.79 Å². The Balaban J connectivity index is 2.05. The lowest BCUT2D eigenvalue weighted by atomic mass is 9.92. The van der Waals surface area contributed by atoms with Crippen LogP contribution < -0.4 is 11.1 Å². The Labute approximate surface area is 131 Å². The van der Waals surface area contributed by atoms with Gasteiger partial charge in [-0.25, -0.2) is 0 Å². The fourth-order valence-corrected chi connectivity index (χ4v) is 2.96. The van der Waals surface area contributed by atoms with Crippen molar-refractivity contribution in [1.29, 1.82) is 0 Å². The third-order valence-electron chi connectivity index (χ3n) is 3.86. The highest BCUT2D eigenvalue weighted by Crippen LogP contribution is 2.37. The van der Waals surface area contributed by atoms with Gasteiger partial charge in [-0.15, -0.1) is 0 Å². The number of carbonyl (C=O) groups is 1. The van der Waals surface area contributed by atoms with Gasteiger partial charge < -0.3 is 11.1 Å². The maximum atomic E-state index is 12.3. The second-order valence-electron chi connectivity index (χ2n) is 6.28. The van der Waals surface area contributed by atoms with Crippen molar-refractivity contribution in [2.24, 2.45) is 11.1 Å². The van der Waals surface area contributed by atoms with E-state index in [-0.39, 0.29) is 18.5 Å². The normalized spacial score (nSPS) is 19.7. The maximum absolute atomic E-state index is 12.3. The average molecular weight is 305 g/mol. The van der Waals surface area contributed by atoms with E-state index in [2.05, 4.69) is 31.0 Å². The van der Waals surface area contributed by atoms with Gasteiger partial charge in [-0.2, -0.15) is 0 Å². The molecule has 0 heterocycles. The first-order valence-electron chi connectivity index (χ1n) is 7.21. The van der Waals surface area contributed by atoms with Crippen LogP contribution in [0.4, 0.5) is 0 Å². The molecular formula is C17H21ClN2O. The minimum Gasteiger partial charge on any atom is -0.349 e. The zero-order valence-electron chi connectivity index (χ0n) is 12.5. The molecule has 2 rings (SSSR count). The van der Waals surface area contributed by atoms with Gasteiger partial charge >= 0.3 is 0 Å². The van der Waals surface area contributed by atoms with E-state index < -0.39 is 0 Å². The minimum atomic E-state index is -0.0714. The summed E-state index contributed by atoms with van der Waals surface area (Å²) in [5.41, 5.74) is 6.92. The van der Waals surface area contributed by atoms with Crippen LogP contribution in [0.3, 0.4) is 0 Å². The molecule has 0 aliphatic heterocycles. The number of rotatable bonds is 2. The van der Waals surface area contributed by atoms with Gasteiger partial charge in [0.25, 0.3) is 5.91 Å². The van der Waals surface area contributed by atoms with Crippen LogP contribution in [0, 0.1) is 17.3 Å².